The number of nitrogens with one attached hydrogen (secondary N) is 2. The molecule has 5 heteroatoms. The summed E-state index contributed by atoms with van der Waals surface area (Å²) in [5.74, 6) is 0.883. The molecule has 0 bridgehead atoms. The Hall–Kier alpha value is -7.47. The van der Waals surface area contributed by atoms with Gasteiger partial charge in [0.25, 0.3) is 0 Å². The molecule has 3 aliphatic rings. The van der Waals surface area contributed by atoms with Crippen molar-refractivity contribution in [2.75, 3.05) is 0 Å². The van der Waals surface area contributed by atoms with E-state index < -0.39 is 6.17 Å². The van der Waals surface area contributed by atoms with Gasteiger partial charge < -0.3 is 14.3 Å². The summed E-state index contributed by atoms with van der Waals surface area (Å²) in [6.07, 6.45) is 17.0. The number of aliphatic imine (C=N–C) groups is 1. The maximum atomic E-state index is 7.03. The quantitative estimate of drug-likeness (QED) is 0.182. The Bertz CT molecular complexity index is 3560. The van der Waals surface area contributed by atoms with Crippen molar-refractivity contribution in [2.24, 2.45) is 4.99 Å². The van der Waals surface area contributed by atoms with Crippen molar-refractivity contribution in [3.05, 3.63) is 204 Å². The monoisotopic (exact) mass is 798 g/mol. The molecule has 5 nitrogen and oxygen atoms in total. The second-order valence-corrected chi connectivity index (χ2v) is 17.0. The third kappa shape index (κ3) is 5.62. The van der Waals surface area contributed by atoms with E-state index >= 15 is 0 Å². The van der Waals surface area contributed by atoms with Gasteiger partial charge in [-0.15, -0.1) is 0 Å². The van der Waals surface area contributed by atoms with Gasteiger partial charge in [-0.2, -0.15) is 0 Å². The molecule has 2 unspecified atom stereocenters. The lowest BCUT2D eigenvalue weighted by molar-refractivity contribution is 0.408. The zero-order chi connectivity index (χ0) is 40.7. The number of aromatic nitrogens is 1. The molecule has 1 aliphatic heterocycles. The minimum absolute atomic E-state index is 0.199. The standard InChI is InChI=1S/C57H42N4O/c1-3-13-35(14-4-1)36-23-25-40(26-24-36)56-58-55(39-17-5-2-6-18-39)59-57(60-56)48-34-43(33-47-46-31-41-19-7-8-20-42(41)32-51(46)62-54(47)48)61-49-29-27-37-15-9-11-21-44(37)52(49)53-45-22-12-10-16-38(45)28-30-50(53)61/h1,3,5,7-13,15-34,56-57,60H,2,4,6,14H2,(H,58,59). The molecule has 2 atom stereocenters. The number of amidine groups is 1. The summed E-state index contributed by atoms with van der Waals surface area (Å²) in [6, 6.07) is 53.5. The summed E-state index contributed by atoms with van der Waals surface area (Å²) in [4.78, 5) is 5.54. The van der Waals surface area contributed by atoms with Crippen LogP contribution in [0.3, 0.4) is 0 Å². The van der Waals surface area contributed by atoms with Crippen LogP contribution in [-0.4, -0.2) is 10.4 Å². The first-order valence-electron chi connectivity index (χ1n) is 21.9. The number of benzene rings is 8. The predicted octanol–water partition coefficient (Wildman–Crippen LogP) is 14.4. The minimum atomic E-state index is -0.425. The van der Waals surface area contributed by atoms with Gasteiger partial charge in [0, 0.05) is 38.4 Å². The lowest BCUT2D eigenvalue weighted by atomic mass is 9.96. The SMILES string of the molecule is C1=CCCC(c2ccc(C3NC(C4=CCCC=C4)=NC(c4cc(-n5c6ccc7ccccc7c6c6c7ccccc7ccc65)cc5c4oc4cc6ccccc6cc45)N3)cc2)=C1. The molecule has 0 radical (unpaired) electrons. The van der Waals surface area contributed by atoms with Crippen LogP contribution >= 0.6 is 0 Å². The highest BCUT2D eigenvalue weighted by atomic mass is 16.3. The second-order valence-electron chi connectivity index (χ2n) is 17.0. The lowest BCUT2D eigenvalue weighted by Gasteiger charge is -2.33. The Labute approximate surface area is 358 Å². The fourth-order valence-corrected chi connectivity index (χ4v) is 10.3. The van der Waals surface area contributed by atoms with E-state index in [1.54, 1.807) is 0 Å². The molecule has 0 saturated carbocycles. The normalized spacial score (nSPS) is 18.0. The van der Waals surface area contributed by atoms with E-state index in [0.29, 0.717) is 0 Å². The maximum absolute atomic E-state index is 7.03. The summed E-state index contributed by atoms with van der Waals surface area (Å²) in [6.45, 7) is 0. The molecule has 3 heterocycles. The third-order valence-corrected chi connectivity index (χ3v) is 13.3. The number of hydrogen-bond acceptors (Lipinski definition) is 4. The molecule has 0 fully saturated rings. The maximum Gasteiger partial charge on any atom is 0.142 e. The fraction of sp³-hybridized carbons (Fsp3) is 0.105. The van der Waals surface area contributed by atoms with Crippen LogP contribution in [0.1, 0.15) is 54.7 Å². The summed E-state index contributed by atoms with van der Waals surface area (Å²) >= 11 is 0. The van der Waals surface area contributed by atoms with Crippen molar-refractivity contribution in [3.63, 3.8) is 0 Å². The molecule has 8 aromatic carbocycles. The number of allylic oxidation sites excluding steroid dienone is 6. The van der Waals surface area contributed by atoms with Crippen LogP contribution in [0, 0.1) is 0 Å². The molecular weight excluding hydrogens is 757 g/mol. The molecule has 10 aromatic rings. The first kappa shape index (κ1) is 35.3. The summed E-state index contributed by atoms with van der Waals surface area (Å²) in [5, 5.41) is 19.8. The van der Waals surface area contributed by atoms with Crippen LogP contribution < -0.4 is 10.6 Å². The van der Waals surface area contributed by atoms with E-state index in [0.717, 1.165) is 81.2 Å². The molecule has 0 spiro atoms. The molecule has 2 aromatic heterocycles. The fourth-order valence-electron chi connectivity index (χ4n) is 10.3. The highest BCUT2D eigenvalue weighted by Crippen LogP contribution is 2.44. The molecular formula is C57H42N4O. The van der Waals surface area contributed by atoms with E-state index in [2.05, 4.69) is 197 Å². The second kappa shape index (κ2) is 14.1. The number of nitrogens with zero attached hydrogens (tertiary/aromatic N) is 2. The summed E-state index contributed by atoms with van der Waals surface area (Å²) in [5.41, 5.74) is 11.0. The Morgan fingerprint density at radius 3 is 2.02 bits per heavy atom. The molecule has 62 heavy (non-hydrogen) atoms. The van der Waals surface area contributed by atoms with Gasteiger partial charge in [0.05, 0.1) is 11.0 Å². The largest absolute Gasteiger partial charge is 0.456 e. The van der Waals surface area contributed by atoms with Crippen molar-refractivity contribution < 1.29 is 4.42 Å². The van der Waals surface area contributed by atoms with E-state index in [1.807, 2.05) is 0 Å². The molecule has 2 N–H and O–H groups in total. The van der Waals surface area contributed by atoms with E-state index in [4.69, 9.17) is 9.41 Å². The van der Waals surface area contributed by atoms with Gasteiger partial charge in [0.2, 0.25) is 0 Å². The number of rotatable bonds is 5. The number of hydrogen-bond donors (Lipinski definition) is 2. The highest BCUT2D eigenvalue weighted by Gasteiger charge is 2.30. The van der Waals surface area contributed by atoms with Crippen molar-refractivity contribution in [1.82, 2.24) is 15.2 Å². The first-order valence-corrected chi connectivity index (χ1v) is 21.9. The first-order chi connectivity index (χ1) is 30.7. The van der Waals surface area contributed by atoms with Gasteiger partial charge in [-0.3, -0.25) is 5.32 Å². The van der Waals surface area contributed by atoms with Crippen LogP contribution in [0.25, 0.3) is 87.3 Å². The van der Waals surface area contributed by atoms with Crippen LogP contribution in [0.5, 0.6) is 0 Å². The van der Waals surface area contributed by atoms with Gasteiger partial charge >= 0.3 is 0 Å². The van der Waals surface area contributed by atoms with Crippen molar-refractivity contribution in [2.45, 2.75) is 38.0 Å². The predicted molar refractivity (Wildman–Crippen MR) is 259 cm³/mol. The van der Waals surface area contributed by atoms with Crippen molar-refractivity contribution >= 4 is 87.5 Å². The Balaban J connectivity index is 1.07. The minimum Gasteiger partial charge on any atom is -0.456 e. The average molecular weight is 799 g/mol. The van der Waals surface area contributed by atoms with Crippen LogP contribution in [0.4, 0.5) is 0 Å². The molecule has 13 rings (SSSR count). The Morgan fingerprint density at radius 2 is 1.32 bits per heavy atom. The van der Waals surface area contributed by atoms with Crippen LogP contribution in [0.2, 0.25) is 0 Å². The Morgan fingerprint density at radius 1 is 0.613 bits per heavy atom. The summed E-state index contributed by atoms with van der Waals surface area (Å²) in [7, 11) is 0. The molecule has 0 amide bonds. The number of fused-ring (bicyclic) bond motifs is 11. The third-order valence-electron chi connectivity index (χ3n) is 13.3. The van der Waals surface area contributed by atoms with E-state index in [-0.39, 0.29) is 6.17 Å². The van der Waals surface area contributed by atoms with Crippen LogP contribution in [-0.2, 0) is 0 Å². The lowest BCUT2D eigenvalue weighted by Crippen LogP contribution is -2.45. The number of furan rings is 1. The highest BCUT2D eigenvalue weighted by molar-refractivity contribution is 6.28. The summed E-state index contributed by atoms with van der Waals surface area (Å²) < 4.78 is 9.50. The molecule has 296 valence electrons. The molecule has 2 aliphatic carbocycles. The van der Waals surface area contributed by atoms with E-state index in [1.165, 1.54) is 59.9 Å². The van der Waals surface area contributed by atoms with Gasteiger partial charge in [-0.05, 0) is 111 Å². The topological polar surface area (TPSA) is 54.5 Å². The van der Waals surface area contributed by atoms with Gasteiger partial charge in [-0.25, -0.2) is 4.99 Å². The van der Waals surface area contributed by atoms with Gasteiger partial charge in [-0.1, -0.05) is 146 Å². The molecule has 0 saturated heterocycles. The van der Waals surface area contributed by atoms with Crippen LogP contribution in [0.15, 0.2) is 197 Å². The zero-order valence-electron chi connectivity index (χ0n) is 34.1. The zero-order valence-corrected chi connectivity index (χ0v) is 34.1. The van der Waals surface area contributed by atoms with Gasteiger partial charge in [0.1, 0.15) is 29.3 Å². The van der Waals surface area contributed by atoms with Gasteiger partial charge in [0.15, 0.2) is 0 Å². The van der Waals surface area contributed by atoms with E-state index in [9.17, 15) is 0 Å². The Kier molecular flexibility index (Phi) is 8.00. The average Bonchev–Trinajstić information content (AvgIpc) is 3.89. The smallest absolute Gasteiger partial charge is 0.142 e. The van der Waals surface area contributed by atoms with Crippen molar-refractivity contribution in [1.29, 1.82) is 0 Å². The van der Waals surface area contributed by atoms with Crippen molar-refractivity contribution in [3.8, 4) is 5.69 Å².